The Kier molecular flexibility index (Phi) is 11.1. The normalized spacial score (nSPS) is 8.10. The van der Waals surface area contributed by atoms with Crippen LogP contribution in [0, 0.1) is 0 Å². The number of hydrogen-bond donors (Lipinski definition) is 0. The van der Waals surface area contributed by atoms with E-state index >= 15 is 0 Å². The topological polar surface area (TPSA) is 49.4 Å². The Morgan fingerprint density at radius 2 is 2.10 bits per heavy atom. The standard InChI is InChI=1S/C6H12O3.Li/c1-2-3-4-5-9-6(7)8;/h2-5H2,1H3,(H,7,8);/q;+1/p-1. The molecule has 0 aromatic rings. The zero-order valence-electron chi connectivity index (χ0n) is 6.55. The van der Waals surface area contributed by atoms with E-state index in [1.54, 1.807) is 0 Å². The quantitative estimate of drug-likeness (QED) is 0.246. The van der Waals surface area contributed by atoms with Crippen LogP contribution in [0.1, 0.15) is 26.2 Å². The molecule has 0 fully saturated rings. The molecule has 0 N–H and O–H groups in total. The zero-order valence-corrected chi connectivity index (χ0v) is 6.55. The van der Waals surface area contributed by atoms with Gasteiger partial charge in [-0.2, -0.15) is 0 Å². The number of unbranched alkanes of at least 4 members (excludes halogenated alkanes) is 2. The monoisotopic (exact) mass is 138 g/mol. The third kappa shape index (κ3) is 10.8. The number of hydrogen-bond acceptors (Lipinski definition) is 3. The summed E-state index contributed by atoms with van der Waals surface area (Å²) in [5, 5.41) is 9.63. The van der Waals surface area contributed by atoms with Gasteiger partial charge in [0.15, 0.2) is 0 Å². The van der Waals surface area contributed by atoms with E-state index in [2.05, 4.69) is 4.74 Å². The van der Waals surface area contributed by atoms with Gasteiger partial charge < -0.3 is 14.6 Å². The summed E-state index contributed by atoms with van der Waals surface area (Å²) in [6.07, 6.45) is 1.44. The molecule has 0 aromatic heterocycles. The molecule has 0 bridgehead atoms. The molecule has 0 aliphatic rings. The van der Waals surface area contributed by atoms with Crippen molar-refractivity contribution in [1.29, 1.82) is 0 Å². The fraction of sp³-hybridized carbons (Fsp3) is 0.833. The molecule has 0 heterocycles. The van der Waals surface area contributed by atoms with E-state index < -0.39 is 6.16 Å². The Bertz CT molecular complexity index is 85.1. The van der Waals surface area contributed by atoms with Crippen molar-refractivity contribution < 1.29 is 33.5 Å². The molecular formula is C6H11LiO3. The summed E-state index contributed by atoms with van der Waals surface area (Å²) in [6, 6.07) is 0. The largest absolute Gasteiger partial charge is 1.00 e. The summed E-state index contributed by atoms with van der Waals surface area (Å²) < 4.78 is 4.15. The van der Waals surface area contributed by atoms with Crippen molar-refractivity contribution in [1.82, 2.24) is 0 Å². The van der Waals surface area contributed by atoms with Gasteiger partial charge in [0.25, 0.3) is 6.16 Å². The number of rotatable bonds is 4. The van der Waals surface area contributed by atoms with Gasteiger partial charge in [-0.25, -0.2) is 0 Å². The summed E-state index contributed by atoms with van der Waals surface area (Å²) in [5.74, 6) is 0. The predicted octanol–water partition coefficient (Wildman–Crippen LogP) is -2.46. The minimum atomic E-state index is -1.42. The Morgan fingerprint density at radius 3 is 2.50 bits per heavy atom. The molecule has 4 heteroatoms. The molecule has 0 aliphatic heterocycles. The first-order valence-electron chi connectivity index (χ1n) is 3.11. The molecule has 0 spiro atoms. The van der Waals surface area contributed by atoms with Gasteiger partial charge in [-0.1, -0.05) is 19.8 Å². The molecule has 0 amide bonds. The number of carbonyl (C=O) groups is 1. The van der Waals surface area contributed by atoms with Crippen molar-refractivity contribution >= 4 is 6.16 Å². The van der Waals surface area contributed by atoms with Crippen LogP contribution in [0.4, 0.5) is 4.79 Å². The first-order chi connectivity index (χ1) is 4.27. The average Bonchev–Trinajstić information content (AvgIpc) is 1.80. The smallest absolute Gasteiger partial charge is 0.550 e. The number of carbonyl (C=O) groups excluding carboxylic acids is 1. The van der Waals surface area contributed by atoms with Crippen LogP contribution in [0.2, 0.25) is 0 Å². The van der Waals surface area contributed by atoms with E-state index in [0.29, 0.717) is 0 Å². The molecule has 0 aromatic carbocycles. The summed E-state index contributed by atoms with van der Waals surface area (Å²) in [7, 11) is 0. The Hall–Kier alpha value is -0.133. The van der Waals surface area contributed by atoms with Crippen LogP contribution >= 0.6 is 0 Å². The van der Waals surface area contributed by atoms with Gasteiger partial charge in [-0.05, 0) is 6.42 Å². The van der Waals surface area contributed by atoms with Crippen LogP contribution < -0.4 is 24.0 Å². The van der Waals surface area contributed by atoms with Crippen LogP contribution in [0.15, 0.2) is 0 Å². The van der Waals surface area contributed by atoms with Crippen LogP contribution in [-0.4, -0.2) is 12.8 Å². The van der Waals surface area contributed by atoms with Crippen molar-refractivity contribution in [3.8, 4) is 0 Å². The van der Waals surface area contributed by atoms with E-state index in [4.69, 9.17) is 0 Å². The van der Waals surface area contributed by atoms with Crippen molar-refractivity contribution in [2.75, 3.05) is 6.61 Å². The molecule has 10 heavy (non-hydrogen) atoms. The maximum atomic E-state index is 9.63. The van der Waals surface area contributed by atoms with Gasteiger partial charge in [-0.15, -0.1) is 0 Å². The minimum Gasteiger partial charge on any atom is -0.550 e. The molecule has 3 nitrogen and oxygen atoms in total. The third-order valence-electron chi connectivity index (χ3n) is 0.968. The second-order valence-corrected chi connectivity index (χ2v) is 1.81. The Morgan fingerprint density at radius 1 is 1.50 bits per heavy atom. The fourth-order valence-corrected chi connectivity index (χ4v) is 0.508. The van der Waals surface area contributed by atoms with Crippen LogP contribution in [0.3, 0.4) is 0 Å². The minimum absolute atomic E-state index is 0. The van der Waals surface area contributed by atoms with Gasteiger partial charge in [0, 0.05) is 6.61 Å². The van der Waals surface area contributed by atoms with Gasteiger partial charge in [0.05, 0.1) is 0 Å². The third-order valence-corrected chi connectivity index (χ3v) is 0.968. The predicted molar refractivity (Wildman–Crippen MR) is 30.9 cm³/mol. The van der Waals surface area contributed by atoms with E-state index in [9.17, 15) is 9.90 Å². The van der Waals surface area contributed by atoms with Gasteiger partial charge in [0.2, 0.25) is 0 Å². The second-order valence-electron chi connectivity index (χ2n) is 1.81. The summed E-state index contributed by atoms with van der Waals surface area (Å²) in [5.41, 5.74) is 0. The maximum absolute atomic E-state index is 9.63. The SMILES string of the molecule is CCCCCOC(=O)[O-].[Li+]. The van der Waals surface area contributed by atoms with Crippen molar-refractivity contribution in [2.24, 2.45) is 0 Å². The average molecular weight is 138 g/mol. The van der Waals surface area contributed by atoms with Crippen LogP contribution in [0.5, 0.6) is 0 Å². The summed E-state index contributed by atoms with van der Waals surface area (Å²) >= 11 is 0. The molecule has 0 unspecified atom stereocenters. The van der Waals surface area contributed by atoms with E-state index in [1.165, 1.54) is 0 Å². The molecule has 0 radical (unpaired) electrons. The van der Waals surface area contributed by atoms with Crippen molar-refractivity contribution in [3.63, 3.8) is 0 Å². The molecule has 54 valence electrons. The molecular weight excluding hydrogens is 127 g/mol. The van der Waals surface area contributed by atoms with Gasteiger partial charge in [0.1, 0.15) is 0 Å². The Labute approximate surface area is 72.9 Å². The molecule has 0 atom stereocenters. The fourth-order valence-electron chi connectivity index (χ4n) is 0.508. The maximum Gasteiger partial charge on any atom is 1.00 e. The van der Waals surface area contributed by atoms with E-state index in [0.717, 1.165) is 19.3 Å². The van der Waals surface area contributed by atoms with Gasteiger partial charge in [-0.3, -0.25) is 0 Å². The molecule has 0 saturated carbocycles. The summed E-state index contributed by atoms with van der Waals surface area (Å²) in [6.45, 7) is 2.31. The second kappa shape index (κ2) is 8.87. The van der Waals surface area contributed by atoms with E-state index in [1.807, 2.05) is 6.92 Å². The van der Waals surface area contributed by atoms with E-state index in [-0.39, 0.29) is 25.5 Å². The molecule has 0 aliphatic carbocycles. The number of carboxylic acid groups (broad SMARTS) is 1. The molecule has 0 saturated heterocycles. The first kappa shape index (κ1) is 12.5. The van der Waals surface area contributed by atoms with Crippen LogP contribution in [0.25, 0.3) is 0 Å². The van der Waals surface area contributed by atoms with Gasteiger partial charge >= 0.3 is 18.9 Å². The summed E-state index contributed by atoms with van der Waals surface area (Å²) in [4.78, 5) is 9.63. The van der Waals surface area contributed by atoms with Crippen LogP contribution in [-0.2, 0) is 4.74 Å². The Balaban J connectivity index is 0. The molecule has 0 rings (SSSR count). The van der Waals surface area contributed by atoms with Crippen molar-refractivity contribution in [2.45, 2.75) is 26.2 Å². The zero-order chi connectivity index (χ0) is 7.11. The van der Waals surface area contributed by atoms with Crippen molar-refractivity contribution in [3.05, 3.63) is 0 Å². The number of ether oxygens (including phenoxy) is 1. The first-order valence-corrected chi connectivity index (χ1v) is 3.11.